The third-order valence-electron chi connectivity index (χ3n) is 4.00. The van der Waals surface area contributed by atoms with Crippen LogP contribution in [0, 0.1) is 6.92 Å². The van der Waals surface area contributed by atoms with Crippen LogP contribution >= 0.6 is 11.3 Å². The van der Waals surface area contributed by atoms with E-state index in [1.807, 2.05) is 23.8 Å². The van der Waals surface area contributed by atoms with Gasteiger partial charge in [-0.1, -0.05) is 10.3 Å². The van der Waals surface area contributed by atoms with Gasteiger partial charge in [-0.25, -0.2) is 0 Å². The van der Waals surface area contributed by atoms with Crippen molar-refractivity contribution in [1.29, 1.82) is 0 Å². The molecule has 0 aromatic carbocycles. The minimum Gasteiger partial charge on any atom is -0.338 e. The van der Waals surface area contributed by atoms with Crippen LogP contribution < -0.4 is 0 Å². The average molecular weight is 346 g/mol. The van der Waals surface area contributed by atoms with Gasteiger partial charge in [-0.3, -0.25) is 9.80 Å². The van der Waals surface area contributed by atoms with Gasteiger partial charge in [0.25, 0.3) is 0 Å². The molecule has 4 rings (SSSR count). The molecule has 1 aliphatic rings. The fraction of sp³-hybridized carbons (Fsp3) is 0.467. The Morgan fingerprint density at radius 1 is 1.00 bits per heavy atom. The lowest BCUT2D eigenvalue weighted by atomic mass is 10.3. The van der Waals surface area contributed by atoms with Crippen LogP contribution in [-0.2, 0) is 13.1 Å². The summed E-state index contributed by atoms with van der Waals surface area (Å²) >= 11 is 1.63. The number of hydrogen-bond acceptors (Lipinski definition) is 9. The van der Waals surface area contributed by atoms with Crippen LogP contribution in [0.4, 0.5) is 0 Å². The fourth-order valence-corrected chi connectivity index (χ4v) is 3.35. The monoisotopic (exact) mass is 346 g/mol. The van der Waals surface area contributed by atoms with E-state index in [2.05, 4.69) is 30.1 Å². The van der Waals surface area contributed by atoms with Gasteiger partial charge in [0, 0.05) is 37.1 Å². The Bertz CT molecular complexity index is 776. The Balaban J connectivity index is 1.29. The van der Waals surface area contributed by atoms with E-state index in [-0.39, 0.29) is 0 Å². The van der Waals surface area contributed by atoms with Crippen molar-refractivity contribution >= 4 is 11.3 Å². The van der Waals surface area contributed by atoms with E-state index in [0.717, 1.165) is 31.7 Å². The van der Waals surface area contributed by atoms with E-state index in [9.17, 15) is 0 Å². The number of thiophene rings is 1. The first-order valence-corrected chi connectivity index (χ1v) is 8.79. The molecule has 126 valence electrons. The standard InChI is InChI=1S/C15H18N6O2S/c1-11-16-13(22-18-11)8-20-3-5-21(6-4-20)9-14-17-15(19-23-14)12-2-7-24-10-12/h2,7,10H,3-6,8-9H2,1H3. The zero-order chi connectivity index (χ0) is 16.4. The van der Waals surface area contributed by atoms with Crippen LogP contribution in [0.1, 0.15) is 17.6 Å². The third kappa shape index (κ3) is 3.53. The molecule has 0 unspecified atom stereocenters. The van der Waals surface area contributed by atoms with Crippen molar-refractivity contribution in [3.05, 3.63) is 34.4 Å². The molecule has 9 heteroatoms. The summed E-state index contributed by atoms with van der Waals surface area (Å²) in [6, 6.07) is 2.00. The first-order valence-electron chi connectivity index (χ1n) is 7.85. The first-order chi connectivity index (χ1) is 11.8. The van der Waals surface area contributed by atoms with Crippen molar-refractivity contribution in [2.45, 2.75) is 20.0 Å². The molecular formula is C15H18N6O2S. The van der Waals surface area contributed by atoms with Crippen molar-refractivity contribution in [2.24, 2.45) is 0 Å². The van der Waals surface area contributed by atoms with Gasteiger partial charge in [-0.15, -0.1) is 0 Å². The smallest absolute Gasteiger partial charge is 0.241 e. The molecule has 0 aliphatic carbocycles. The maximum Gasteiger partial charge on any atom is 0.241 e. The molecule has 0 radical (unpaired) electrons. The van der Waals surface area contributed by atoms with E-state index in [4.69, 9.17) is 9.05 Å². The number of piperazine rings is 1. The normalized spacial score (nSPS) is 16.7. The zero-order valence-electron chi connectivity index (χ0n) is 13.4. The molecule has 0 spiro atoms. The minimum atomic E-state index is 0.664. The van der Waals surface area contributed by atoms with E-state index >= 15 is 0 Å². The van der Waals surface area contributed by atoms with Crippen LogP contribution in [0.2, 0.25) is 0 Å². The maximum atomic E-state index is 5.37. The predicted octanol–water partition coefficient (Wildman–Crippen LogP) is 1.81. The van der Waals surface area contributed by atoms with Gasteiger partial charge < -0.3 is 9.05 Å². The van der Waals surface area contributed by atoms with Crippen molar-refractivity contribution in [3.8, 4) is 11.4 Å². The summed E-state index contributed by atoms with van der Waals surface area (Å²) in [6.07, 6.45) is 0. The molecule has 0 amide bonds. The van der Waals surface area contributed by atoms with Crippen LogP contribution in [0.25, 0.3) is 11.4 Å². The third-order valence-corrected chi connectivity index (χ3v) is 4.68. The van der Waals surface area contributed by atoms with Gasteiger partial charge in [0.05, 0.1) is 13.1 Å². The lowest BCUT2D eigenvalue weighted by Gasteiger charge is -2.32. The van der Waals surface area contributed by atoms with Gasteiger partial charge in [0.15, 0.2) is 5.82 Å². The fourth-order valence-electron chi connectivity index (χ4n) is 2.72. The number of rotatable bonds is 5. The Morgan fingerprint density at radius 2 is 1.67 bits per heavy atom. The molecule has 24 heavy (non-hydrogen) atoms. The molecule has 0 bridgehead atoms. The largest absolute Gasteiger partial charge is 0.338 e. The second-order valence-corrected chi connectivity index (χ2v) is 6.59. The molecule has 0 N–H and O–H groups in total. The van der Waals surface area contributed by atoms with Gasteiger partial charge in [0.1, 0.15) is 0 Å². The summed E-state index contributed by atoms with van der Waals surface area (Å²) in [7, 11) is 0. The SMILES string of the molecule is Cc1noc(CN2CCN(Cc3nc(-c4ccsc4)no3)CC2)n1. The first kappa shape index (κ1) is 15.4. The number of aromatic nitrogens is 4. The van der Waals surface area contributed by atoms with Crippen molar-refractivity contribution in [1.82, 2.24) is 30.1 Å². The summed E-state index contributed by atoms with van der Waals surface area (Å²) in [5.41, 5.74) is 1.01. The van der Waals surface area contributed by atoms with Crippen molar-refractivity contribution in [2.75, 3.05) is 26.2 Å². The lowest BCUT2D eigenvalue weighted by molar-refractivity contribution is 0.103. The Morgan fingerprint density at radius 3 is 2.25 bits per heavy atom. The molecule has 8 nitrogen and oxygen atoms in total. The molecule has 0 saturated carbocycles. The van der Waals surface area contributed by atoms with Crippen LogP contribution in [0.5, 0.6) is 0 Å². The van der Waals surface area contributed by atoms with E-state index in [1.54, 1.807) is 11.3 Å². The number of nitrogens with zero attached hydrogens (tertiary/aromatic N) is 6. The highest BCUT2D eigenvalue weighted by Gasteiger charge is 2.21. The highest BCUT2D eigenvalue weighted by molar-refractivity contribution is 7.08. The van der Waals surface area contributed by atoms with E-state index in [0.29, 0.717) is 36.5 Å². The average Bonchev–Trinajstić information content (AvgIpc) is 3.31. The van der Waals surface area contributed by atoms with Gasteiger partial charge >= 0.3 is 0 Å². The molecule has 1 aliphatic heterocycles. The van der Waals surface area contributed by atoms with E-state index < -0.39 is 0 Å². The van der Waals surface area contributed by atoms with E-state index in [1.165, 1.54) is 0 Å². The molecule has 1 fully saturated rings. The summed E-state index contributed by atoms with van der Waals surface area (Å²) in [5.74, 6) is 2.69. The Hall–Kier alpha value is -2.10. The van der Waals surface area contributed by atoms with Gasteiger partial charge in [-0.2, -0.15) is 21.3 Å². The van der Waals surface area contributed by atoms with Crippen molar-refractivity contribution < 1.29 is 9.05 Å². The molecule has 3 aromatic rings. The predicted molar refractivity (Wildman–Crippen MR) is 87.2 cm³/mol. The quantitative estimate of drug-likeness (QED) is 0.691. The van der Waals surface area contributed by atoms with Crippen LogP contribution in [0.3, 0.4) is 0 Å². The topological polar surface area (TPSA) is 84.3 Å². The maximum absolute atomic E-state index is 5.37. The molecule has 1 saturated heterocycles. The highest BCUT2D eigenvalue weighted by Crippen LogP contribution is 2.19. The van der Waals surface area contributed by atoms with Crippen LogP contribution in [-0.4, -0.2) is 56.3 Å². The Kier molecular flexibility index (Phi) is 4.37. The number of hydrogen-bond donors (Lipinski definition) is 0. The number of aryl methyl sites for hydroxylation is 1. The zero-order valence-corrected chi connectivity index (χ0v) is 14.2. The molecular weight excluding hydrogens is 328 g/mol. The highest BCUT2D eigenvalue weighted by atomic mass is 32.1. The minimum absolute atomic E-state index is 0.664. The summed E-state index contributed by atoms with van der Waals surface area (Å²) in [5, 5.41) is 11.9. The molecule has 0 atom stereocenters. The summed E-state index contributed by atoms with van der Waals surface area (Å²) in [4.78, 5) is 13.4. The molecule has 4 heterocycles. The van der Waals surface area contributed by atoms with Gasteiger partial charge in [-0.05, 0) is 18.4 Å². The lowest BCUT2D eigenvalue weighted by Crippen LogP contribution is -2.45. The van der Waals surface area contributed by atoms with Crippen molar-refractivity contribution in [3.63, 3.8) is 0 Å². The summed E-state index contributed by atoms with van der Waals surface area (Å²) in [6.45, 7) is 7.02. The molecule has 3 aromatic heterocycles. The van der Waals surface area contributed by atoms with Crippen LogP contribution in [0.15, 0.2) is 25.9 Å². The second-order valence-electron chi connectivity index (χ2n) is 5.81. The van der Waals surface area contributed by atoms with Gasteiger partial charge in [0.2, 0.25) is 17.6 Å². The summed E-state index contributed by atoms with van der Waals surface area (Å²) < 4.78 is 10.6. The Labute approximate surface area is 143 Å². The second kappa shape index (κ2) is 6.80.